The maximum Gasteiger partial charge on any atom is 0.251 e. The summed E-state index contributed by atoms with van der Waals surface area (Å²) in [4.78, 5) is 13.8. The number of benzene rings is 3. The van der Waals surface area contributed by atoms with E-state index in [2.05, 4.69) is 64.1 Å². The molecule has 0 aromatic heterocycles. The molecule has 3 aromatic rings. The van der Waals surface area contributed by atoms with Crippen LogP contribution in [-0.2, 0) is 6.54 Å². The summed E-state index contributed by atoms with van der Waals surface area (Å²) < 4.78 is 0. The van der Waals surface area contributed by atoms with Crippen molar-refractivity contribution in [1.29, 1.82) is 0 Å². The van der Waals surface area contributed by atoms with E-state index in [4.69, 9.17) is 0 Å². The predicted molar refractivity (Wildman–Crippen MR) is 116 cm³/mol. The van der Waals surface area contributed by atoms with Crippen molar-refractivity contribution in [2.24, 2.45) is 0 Å². The minimum Gasteiger partial charge on any atom is -0.378 e. The van der Waals surface area contributed by atoms with Gasteiger partial charge in [-0.25, -0.2) is 0 Å². The summed E-state index contributed by atoms with van der Waals surface area (Å²) in [6, 6.07) is 26.9. The molecule has 3 aromatic carbocycles. The Kier molecular flexibility index (Phi) is 6.45. The topological polar surface area (TPSA) is 44.4 Å². The second kappa shape index (κ2) is 9.20. The number of nitrogens with one attached hydrogen (secondary N) is 2. The Morgan fingerprint density at radius 2 is 1.46 bits per heavy atom. The van der Waals surface area contributed by atoms with Gasteiger partial charge in [0, 0.05) is 38.9 Å². The number of nitrogens with zero attached hydrogens (tertiary/aromatic N) is 1. The molecule has 1 amide bonds. The van der Waals surface area contributed by atoms with Gasteiger partial charge in [-0.15, -0.1) is 0 Å². The number of anilines is 1. The van der Waals surface area contributed by atoms with Gasteiger partial charge in [-0.05, 0) is 41.0 Å². The van der Waals surface area contributed by atoms with Gasteiger partial charge in [-0.1, -0.05) is 54.6 Å². The van der Waals surface area contributed by atoms with Gasteiger partial charge in [0.25, 0.3) is 5.91 Å². The zero-order chi connectivity index (χ0) is 19.9. The molecule has 2 N–H and O–H groups in total. The summed E-state index contributed by atoms with van der Waals surface area (Å²) in [5.41, 5.74) is 5.44. The van der Waals surface area contributed by atoms with Gasteiger partial charge >= 0.3 is 0 Å². The van der Waals surface area contributed by atoms with Crippen LogP contribution < -0.4 is 15.5 Å². The van der Waals surface area contributed by atoms with Crippen LogP contribution in [0, 0.1) is 0 Å². The molecule has 144 valence electrons. The Balaban J connectivity index is 1.79. The van der Waals surface area contributed by atoms with E-state index < -0.39 is 0 Å². The van der Waals surface area contributed by atoms with Crippen LogP contribution in [0.5, 0.6) is 0 Å². The highest BCUT2D eigenvalue weighted by Crippen LogP contribution is 2.24. The van der Waals surface area contributed by atoms with Gasteiger partial charge in [-0.3, -0.25) is 4.79 Å². The molecule has 0 aliphatic rings. The first-order chi connectivity index (χ1) is 13.6. The molecule has 0 saturated carbocycles. The zero-order valence-corrected chi connectivity index (χ0v) is 16.6. The van der Waals surface area contributed by atoms with Gasteiger partial charge in [0.1, 0.15) is 0 Å². The minimum atomic E-state index is -0.0670. The van der Waals surface area contributed by atoms with E-state index in [0.717, 1.165) is 5.56 Å². The highest BCUT2D eigenvalue weighted by molar-refractivity contribution is 5.93. The van der Waals surface area contributed by atoms with Crippen molar-refractivity contribution in [3.63, 3.8) is 0 Å². The van der Waals surface area contributed by atoms with Crippen LogP contribution in [-0.4, -0.2) is 27.1 Å². The van der Waals surface area contributed by atoms with Crippen LogP contribution in [0.15, 0.2) is 78.9 Å². The highest BCUT2D eigenvalue weighted by atomic mass is 16.1. The van der Waals surface area contributed by atoms with E-state index in [-0.39, 0.29) is 11.9 Å². The number of carbonyl (C=O) groups is 1. The van der Waals surface area contributed by atoms with Crippen molar-refractivity contribution < 1.29 is 4.79 Å². The van der Waals surface area contributed by atoms with Crippen LogP contribution in [0.4, 0.5) is 5.69 Å². The normalized spacial score (nSPS) is 11.7. The molecular formula is C24H27N3O. The monoisotopic (exact) mass is 373 g/mol. The standard InChI is InChI=1S/C24H27N3O/c1-25-24(28)21-11-9-18(10-12-21)17-26-23(19-7-5-4-6-8-19)20-13-15-22(16-14-20)27(2)3/h4-16,23,26H,17H2,1-3H3,(H,25,28)/t23-/m0/s1. The van der Waals surface area contributed by atoms with E-state index in [1.807, 2.05) is 44.4 Å². The summed E-state index contributed by atoms with van der Waals surface area (Å²) in [5.74, 6) is -0.0670. The molecule has 0 aliphatic carbocycles. The fourth-order valence-corrected chi connectivity index (χ4v) is 3.18. The first-order valence-electron chi connectivity index (χ1n) is 9.45. The Bertz CT molecular complexity index is 887. The van der Waals surface area contributed by atoms with Crippen molar-refractivity contribution >= 4 is 11.6 Å². The first kappa shape index (κ1) is 19.6. The molecule has 0 spiro atoms. The van der Waals surface area contributed by atoms with Gasteiger partial charge in [-0.2, -0.15) is 0 Å². The molecule has 0 aliphatic heterocycles. The van der Waals surface area contributed by atoms with Crippen LogP contribution in [0.3, 0.4) is 0 Å². The fourth-order valence-electron chi connectivity index (χ4n) is 3.18. The van der Waals surface area contributed by atoms with E-state index >= 15 is 0 Å². The summed E-state index contributed by atoms with van der Waals surface area (Å²) in [6.07, 6.45) is 0. The molecule has 0 bridgehead atoms. The third kappa shape index (κ3) is 4.78. The first-order valence-corrected chi connectivity index (χ1v) is 9.45. The second-order valence-electron chi connectivity index (χ2n) is 6.99. The summed E-state index contributed by atoms with van der Waals surface area (Å²) in [7, 11) is 5.73. The van der Waals surface area contributed by atoms with Gasteiger partial charge in [0.05, 0.1) is 6.04 Å². The van der Waals surface area contributed by atoms with Crippen LogP contribution in [0.25, 0.3) is 0 Å². The number of rotatable bonds is 7. The number of carbonyl (C=O) groups excluding carboxylic acids is 1. The Morgan fingerprint density at radius 3 is 2.04 bits per heavy atom. The Hall–Kier alpha value is -3.11. The lowest BCUT2D eigenvalue weighted by Crippen LogP contribution is -2.22. The minimum absolute atomic E-state index is 0.0670. The molecule has 0 fully saturated rings. The molecule has 4 heteroatoms. The molecule has 1 atom stereocenters. The number of hydrogen-bond donors (Lipinski definition) is 2. The Morgan fingerprint density at radius 1 is 0.857 bits per heavy atom. The summed E-state index contributed by atoms with van der Waals surface area (Å²) in [5, 5.41) is 6.31. The van der Waals surface area contributed by atoms with Crippen molar-refractivity contribution in [3.05, 3.63) is 101 Å². The summed E-state index contributed by atoms with van der Waals surface area (Å²) >= 11 is 0. The van der Waals surface area contributed by atoms with Crippen molar-refractivity contribution in [2.75, 3.05) is 26.0 Å². The van der Waals surface area contributed by atoms with Crippen LogP contribution in [0.2, 0.25) is 0 Å². The smallest absolute Gasteiger partial charge is 0.251 e. The van der Waals surface area contributed by atoms with Crippen molar-refractivity contribution in [2.45, 2.75) is 12.6 Å². The fraction of sp³-hybridized carbons (Fsp3) is 0.208. The molecular weight excluding hydrogens is 346 g/mol. The number of amides is 1. The molecule has 0 saturated heterocycles. The molecule has 4 nitrogen and oxygen atoms in total. The zero-order valence-electron chi connectivity index (χ0n) is 16.6. The molecule has 28 heavy (non-hydrogen) atoms. The lowest BCUT2D eigenvalue weighted by molar-refractivity contribution is 0.0963. The average molecular weight is 374 g/mol. The lowest BCUT2D eigenvalue weighted by Gasteiger charge is -2.21. The van der Waals surface area contributed by atoms with E-state index in [9.17, 15) is 4.79 Å². The van der Waals surface area contributed by atoms with Crippen LogP contribution in [0.1, 0.15) is 33.1 Å². The predicted octanol–water partition coefficient (Wildman–Crippen LogP) is 3.99. The largest absolute Gasteiger partial charge is 0.378 e. The Labute approximate surface area is 167 Å². The maximum atomic E-state index is 11.7. The van der Waals surface area contributed by atoms with Gasteiger partial charge in [0.15, 0.2) is 0 Å². The maximum absolute atomic E-state index is 11.7. The molecule has 0 unspecified atom stereocenters. The van der Waals surface area contributed by atoms with Crippen molar-refractivity contribution in [1.82, 2.24) is 10.6 Å². The van der Waals surface area contributed by atoms with Crippen LogP contribution >= 0.6 is 0 Å². The van der Waals surface area contributed by atoms with E-state index in [0.29, 0.717) is 12.1 Å². The van der Waals surface area contributed by atoms with Gasteiger partial charge in [0.2, 0.25) is 0 Å². The third-order valence-corrected chi connectivity index (χ3v) is 4.83. The van der Waals surface area contributed by atoms with Gasteiger partial charge < -0.3 is 15.5 Å². The SMILES string of the molecule is CNC(=O)c1ccc(CN[C@@H](c2ccccc2)c2ccc(N(C)C)cc2)cc1. The second-order valence-corrected chi connectivity index (χ2v) is 6.99. The molecule has 0 radical (unpaired) electrons. The quantitative estimate of drug-likeness (QED) is 0.658. The molecule has 3 rings (SSSR count). The molecule has 0 heterocycles. The van der Waals surface area contributed by atoms with E-state index in [1.165, 1.54) is 16.8 Å². The lowest BCUT2D eigenvalue weighted by atomic mass is 9.98. The average Bonchev–Trinajstić information content (AvgIpc) is 2.75. The third-order valence-electron chi connectivity index (χ3n) is 4.83. The highest BCUT2D eigenvalue weighted by Gasteiger charge is 2.14. The van der Waals surface area contributed by atoms with E-state index in [1.54, 1.807) is 7.05 Å². The number of hydrogen-bond acceptors (Lipinski definition) is 3. The summed E-state index contributed by atoms with van der Waals surface area (Å²) in [6.45, 7) is 0.711. The van der Waals surface area contributed by atoms with Crippen molar-refractivity contribution in [3.8, 4) is 0 Å².